The van der Waals surface area contributed by atoms with E-state index in [0.29, 0.717) is 18.1 Å². The van der Waals surface area contributed by atoms with Crippen LogP contribution in [0.1, 0.15) is 12.5 Å². The number of benzene rings is 1. The Labute approximate surface area is 101 Å². The predicted molar refractivity (Wildman–Crippen MR) is 65.2 cm³/mol. The Morgan fingerprint density at radius 3 is 2.65 bits per heavy atom. The van der Waals surface area contributed by atoms with Crippen LogP contribution in [0.3, 0.4) is 0 Å². The Balaban J connectivity index is 2.87. The van der Waals surface area contributed by atoms with Crippen LogP contribution in [-0.2, 0) is 9.53 Å². The first kappa shape index (κ1) is 13.1. The molecule has 0 aromatic heterocycles. The summed E-state index contributed by atoms with van der Waals surface area (Å²) in [5.41, 5.74) is 0.793. The Kier molecular flexibility index (Phi) is 5.07. The molecule has 0 aliphatic heterocycles. The first-order valence-electron chi connectivity index (χ1n) is 5.28. The summed E-state index contributed by atoms with van der Waals surface area (Å²) < 4.78 is 15.1. The zero-order chi connectivity index (χ0) is 12.7. The van der Waals surface area contributed by atoms with Crippen LogP contribution in [0.15, 0.2) is 24.3 Å². The van der Waals surface area contributed by atoms with E-state index < -0.39 is 0 Å². The summed E-state index contributed by atoms with van der Waals surface area (Å²) in [7, 11) is 3.15. The Bertz CT molecular complexity index is 410. The van der Waals surface area contributed by atoms with Crippen molar-refractivity contribution in [1.29, 1.82) is 0 Å². The summed E-state index contributed by atoms with van der Waals surface area (Å²) >= 11 is 0. The second-order valence-electron chi connectivity index (χ2n) is 3.19. The normalized spacial score (nSPS) is 10.3. The van der Waals surface area contributed by atoms with Gasteiger partial charge in [0.2, 0.25) is 0 Å². The van der Waals surface area contributed by atoms with Crippen molar-refractivity contribution in [3.05, 3.63) is 29.8 Å². The van der Waals surface area contributed by atoms with E-state index in [1.807, 2.05) is 6.07 Å². The van der Waals surface area contributed by atoms with Crippen molar-refractivity contribution in [3.8, 4) is 11.5 Å². The fourth-order valence-corrected chi connectivity index (χ4v) is 1.30. The average molecular weight is 236 g/mol. The molecule has 0 amide bonds. The number of rotatable bonds is 5. The van der Waals surface area contributed by atoms with Crippen LogP contribution in [0.2, 0.25) is 0 Å². The van der Waals surface area contributed by atoms with Gasteiger partial charge in [0, 0.05) is 17.7 Å². The highest BCUT2D eigenvalue weighted by Gasteiger charge is 2.02. The number of hydrogen-bond acceptors (Lipinski definition) is 4. The zero-order valence-corrected chi connectivity index (χ0v) is 10.2. The lowest BCUT2D eigenvalue weighted by Crippen LogP contribution is -1.98. The summed E-state index contributed by atoms with van der Waals surface area (Å²) in [4.78, 5) is 11.2. The van der Waals surface area contributed by atoms with Crippen molar-refractivity contribution >= 4 is 12.0 Å². The minimum absolute atomic E-state index is 0.364. The predicted octanol–water partition coefficient (Wildman–Crippen LogP) is 2.28. The third kappa shape index (κ3) is 3.83. The molecular weight excluding hydrogens is 220 g/mol. The van der Waals surface area contributed by atoms with Crippen LogP contribution in [0.5, 0.6) is 11.5 Å². The summed E-state index contributed by atoms with van der Waals surface area (Å²) in [6.07, 6.45) is 3.02. The maximum Gasteiger partial charge on any atom is 0.330 e. The van der Waals surface area contributed by atoms with Crippen molar-refractivity contribution in [2.75, 3.05) is 20.8 Å². The van der Waals surface area contributed by atoms with E-state index in [-0.39, 0.29) is 5.97 Å². The molecule has 17 heavy (non-hydrogen) atoms. The minimum Gasteiger partial charge on any atom is -0.497 e. The van der Waals surface area contributed by atoms with Crippen LogP contribution >= 0.6 is 0 Å². The number of carbonyl (C=O) groups is 1. The quantitative estimate of drug-likeness (QED) is 0.581. The average Bonchev–Trinajstić information content (AvgIpc) is 2.36. The van der Waals surface area contributed by atoms with Gasteiger partial charge < -0.3 is 14.2 Å². The Hall–Kier alpha value is -1.97. The van der Waals surface area contributed by atoms with Gasteiger partial charge in [-0.15, -0.1) is 0 Å². The van der Waals surface area contributed by atoms with Crippen molar-refractivity contribution in [3.63, 3.8) is 0 Å². The van der Waals surface area contributed by atoms with Crippen LogP contribution in [0.25, 0.3) is 6.08 Å². The monoisotopic (exact) mass is 236 g/mol. The van der Waals surface area contributed by atoms with Gasteiger partial charge in [0.25, 0.3) is 0 Å². The Morgan fingerprint density at radius 1 is 1.29 bits per heavy atom. The molecule has 0 unspecified atom stereocenters. The molecule has 0 fully saturated rings. The standard InChI is InChI=1S/C13H16O4/c1-4-17-13(14)8-6-10-5-7-11(15-2)9-12(10)16-3/h5-9H,4H2,1-3H3. The molecule has 0 aliphatic rings. The summed E-state index contributed by atoms with van der Waals surface area (Å²) in [5, 5.41) is 0. The fourth-order valence-electron chi connectivity index (χ4n) is 1.30. The smallest absolute Gasteiger partial charge is 0.330 e. The Morgan fingerprint density at radius 2 is 2.06 bits per heavy atom. The maximum absolute atomic E-state index is 11.2. The molecule has 0 spiro atoms. The largest absolute Gasteiger partial charge is 0.497 e. The summed E-state index contributed by atoms with van der Waals surface area (Å²) in [5.74, 6) is 0.977. The van der Waals surface area contributed by atoms with Gasteiger partial charge in [-0.25, -0.2) is 4.79 Å². The molecule has 1 aromatic rings. The van der Waals surface area contributed by atoms with Gasteiger partial charge in [-0.1, -0.05) is 0 Å². The first-order valence-corrected chi connectivity index (χ1v) is 5.28. The molecule has 0 bridgehead atoms. The van der Waals surface area contributed by atoms with E-state index in [9.17, 15) is 4.79 Å². The highest BCUT2D eigenvalue weighted by atomic mass is 16.5. The molecule has 0 N–H and O–H groups in total. The molecule has 4 heteroatoms. The lowest BCUT2D eigenvalue weighted by molar-refractivity contribution is -0.137. The van der Waals surface area contributed by atoms with Gasteiger partial charge in [0.05, 0.1) is 20.8 Å². The van der Waals surface area contributed by atoms with Crippen molar-refractivity contribution in [2.24, 2.45) is 0 Å². The van der Waals surface area contributed by atoms with E-state index in [1.165, 1.54) is 6.08 Å². The van der Waals surface area contributed by atoms with Gasteiger partial charge in [0.15, 0.2) is 0 Å². The molecule has 1 aromatic carbocycles. The van der Waals surface area contributed by atoms with E-state index >= 15 is 0 Å². The van der Waals surface area contributed by atoms with Crippen LogP contribution < -0.4 is 9.47 Å². The lowest BCUT2D eigenvalue weighted by atomic mass is 10.2. The molecule has 0 atom stereocenters. The number of methoxy groups -OCH3 is 2. The second-order valence-corrected chi connectivity index (χ2v) is 3.19. The number of hydrogen-bond donors (Lipinski definition) is 0. The van der Waals surface area contributed by atoms with Gasteiger partial charge in [-0.05, 0) is 25.1 Å². The van der Waals surface area contributed by atoms with E-state index in [4.69, 9.17) is 14.2 Å². The van der Waals surface area contributed by atoms with Gasteiger partial charge in [0.1, 0.15) is 11.5 Å². The summed E-state index contributed by atoms with van der Waals surface area (Å²) in [6, 6.07) is 5.37. The molecular formula is C13H16O4. The molecule has 0 aliphatic carbocycles. The molecule has 0 radical (unpaired) electrons. The summed E-state index contributed by atoms with van der Waals surface area (Å²) in [6.45, 7) is 2.13. The number of carbonyl (C=O) groups excluding carboxylic acids is 1. The second kappa shape index (κ2) is 6.58. The number of ether oxygens (including phenoxy) is 3. The van der Waals surface area contributed by atoms with E-state index in [1.54, 1.807) is 39.4 Å². The molecule has 92 valence electrons. The fraction of sp³-hybridized carbons (Fsp3) is 0.308. The topological polar surface area (TPSA) is 44.8 Å². The van der Waals surface area contributed by atoms with Crippen molar-refractivity contribution in [1.82, 2.24) is 0 Å². The van der Waals surface area contributed by atoms with Crippen molar-refractivity contribution < 1.29 is 19.0 Å². The molecule has 4 nitrogen and oxygen atoms in total. The third-order valence-corrected chi connectivity index (χ3v) is 2.13. The van der Waals surface area contributed by atoms with Gasteiger partial charge in [-0.3, -0.25) is 0 Å². The lowest BCUT2D eigenvalue weighted by Gasteiger charge is -2.07. The minimum atomic E-state index is -0.370. The van der Waals surface area contributed by atoms with E-state index in [2.05, 4.69) is 0 Å². The number of esters is 1. The molecule has 1 rings (SSSR count). The zero-order valence-electron chi connectivity index (χ0n) is 10.2. The molecule has 0 saturated carbocycles. The molecule has 0 saturated heterocycles. The highest BCUT2D eigenvalue weighted by molar-refractivity contribution is 5.87. The van der Waals surface area contributed by atoms with Crippen LogP contribution in [0, 0.1) is 0 Å². The van der Waals surface area contributed by atoms with Crippen LogP contribution in [0.4, 0.5) is 0 Å². The molecule has 0 heterocycles. The van der Waals surface area contributed by atoms with Gasteiger partial charge in [-0.2, -0.15) is 0 Å². The highest BCUT2D eigenvalue weighted by Crippen LogP contribution is 2.25. The first-order chi connectivity index (χ1) is 8.21. The van der Waals surface area contributed by atoms with Crippen LogP contribution in [-0.4, -0.2) is 26.8 Å². The van der Waals surface area contributed by atoms with E-state index in [0.717, 1.165) is 5.56 Å². The SMILES string of the molecule is CCOC(=O)C=Cc1ccc(OC)cc1OC. The third-order valence-electron chi connectivity index (χ3n) is 2.13. The maximum atomic E-state index is 11.2. The van der Waals surface area contributed by atoms with Crippen molar-refractivity contribution in [2.45, 2.75) is 6.92 Å². The van der Waals surface area contributed by atoms with Gasteiger partial charge >= 0.3 is 5.97 Å².